The van der Waals surface area contributed by atoms with Gasteiger partial charge in [-0.15, -0.1) is 0 Å². The third kappa shape index (κ3) is 3.92. The number of rotatable bonds is 3. The van der Waals surface area contributed by atoms with Crippen LogP contribution >= 0.6 is 24.0 Å². The molecule has 0 bridgehead atoms. The largest absolute Gasteiger partial charge is 0.459 e. The summed E-state index contributed by atoms with van der Waals surface area (Å²) in [5.74, 6) is -1.07. The number of benzene rings is 1. The quantitative estimate of drug-likeness (QED) is 0.474. The van der Waals surface area contributed by atoms with Crippen LogP contribution in [0.4, 0.5) is 10.1 Å². The second kappa shape index (κ2) is 8.64. The molecule has 190 valence electrons. The van der Waals surface area contributed by atoms with Crippen LogP contribution in [0.3, 0.4) is 0 Å². The van der Waals surface area contributed by atoms with Crippen LogP contribution in [-0.4, -0.2) is 70.1 Å². The first-order valence-electron chi connectivity index (χ1n) is 11.9. The average Bonchev–Trinajstić information content (AvgIpc) is 3.55. The first-order valence-corrected chi connectivity index (χ1v) is 13.1. The van der Waals surface area contributed by atoms with Gasteiger partial charge in [-0.3, -0.25) is 24.2 Å². The Morgan fingerprint density at radius 1 is 1.19 bits per heavy atom. The fourth-order valence-corrected chi connectivity index (χ4v) is 6.57. The zero-order valence-corrected chi connectivity index (χ0v) is 21.8. The highest BCUT2D eigenvalue weighted by atomic mass is 32.2. The number of halogens is 1. The Bertz CT molecular complexity index is 1440. The summed E-state index contributed by atoms with van der Waals surface area (Å²) in [7, 11) is 0. The summed E-state index contributed by atoms with van der Waals surface area (Å²) in [6.07, 6.45) is 3.48. The first kappa shape index (κ1) is 24.1. The van der Waals surface area contributed by atoms with Gasteiger partial charge in [0.1, 0.15) is 10.1 Å². The molecular formula is C26H23FN4O4S2. The summed E-state index contributed by atoms with van der Waals surface area (Å²) in [5, 5.41) is 2.56. The van der Waals surface area contributed by atoms with Crippen molar-refractivity contribution in [3.8, 4) is 0 Å². The molecule has 1 N–H and O–H groups in total. The van der Waals surface area contributed by atoms with E-state index in [-0.39, 0.29) is 26.6 Å². The van der Waals surface area contributed by atoms with E-state index in [1.54, 1.807) is 21.9 Å². The van der Waals surface area contributed by atoms with E-state index < -0.39 is 17.3 Å². The van der Waals surface area contributed by atoms with E-state index >= 15 is 0 Å². The van der Waals surface area contributed by atoms with Gasteiger partial charge in [-0.2, -0.15) is 0 Å². The predicted molar refractivity (Wildman–Crippen MR) is 142 cm³/mol. The molecule has 5 heterocycles. The van der Waals surface area contributed by atoms with Crippen molar-refractivity contribution in [2.75, 3.05) is 37.6 Å². The summed E-state index contributed by atoms with van der Waals surface area (Å²) >= 11 is 6.15. The van der Waals surface area contributed by atoms with Crippen LogP contribution in [0.1, 0.15) is 35.5 Å². The van der Waals surface area contributed by atoms with Gasteiger partial charge in [0.2, 0.25) is 0 Å². The molecule has 6 rings (SSSR count). The lowest BCUT2D eigenvalue weighted by molar-refractivity contribution is -0.116. The van der Waals surface area contributed by atoms with E-state index in [0.717, 1.165) is 17.3 Å². The molecule has 0 spiro atoms. The summed E-state index contributed by atoms with van der Waals surface area (Å²) in [6.45, 7) is 6.79. The number of hydrogen-bond acceptors (Lipinski definition) is 7. The van der Waals surface area contributed by atoms with Gasteiger partial charge in [0.05, 0.1) is 28.0 Å². The van der Waals surface area contributed by atoms with Gasteiger partial charge in [-0.25, -0.2) is 4.39 Å². The number of furan rings is 1. The number of hydrogen-bond donors (Lipinski definition) is 1. The third-order valence-corrected chi connectivity index (χ3v) is 8.30. The Hall–Kier alpha value is -3.28. The number of thioether (sulfide) groups is 1. The molecule has 3 amide bonds. The van der Waals surface area contributed by atoms with E-state index in [0.29, 0.717) is 55.3 Å². The second-order valence-electron chi connectivity index (χ2n) is 9.91. The van der Waals surface area contributed by atoms with Crippen LogP contribution < -0.4 is 10.2 Å². The summed E-state index contributed by atoms with van der Waals surface area (Å²) < 4.78 is 20.5. The minimum absolute atomic E-state index is 0.131. The molecule has 8 nitrogen and oxygen atoms in total. The Balaban J connectivity index is 1.32. The minimum atomic E-state index is -0.703. The highest BCUT2D eigenvalue weighted by Crippen LogP contribution is 2.51. The number of carbonyl (C=O) groups excluding carboxylic acids is 3. The second-order valence-corrected chi connectivity index (χ2v) is 11.6. The Labute approximate surface area is 222 Å². The summed E-state index contributed by atoms with van der Waals surface area (Å²) in [5.41, 5.74) is 2.06. The molecule has 11 heteroatoms. The molecule has 1 aromatic heterocycles. The molecule has 2 fully saturated rings. The van der Waals surface area contributed by atoms with Crippen molar-refractivity contribution in [1.29, 1.82) is 0 Å². The van der Waals surface area contributed by atoms with Gasteiger partial charge < -0.3 is 14.6 Å². The maximum Gasteiger partial charge on any atom is 0.289 e. The van der Waals surface area contributed by atoms with Crippen molar-refractivity contribution < 1.29 is 23.2 Å². The lowest BCUT2D eigenvalue weighted by atomic mass is 9.87. The number of carbonyl (C=O) groups is 3. The number of anilines is 1. The molecule has 0 atom stereocenters. The molecule has 0 radical (unpaired) electrons. The molecule has 37 heavy (non-hydrogen) atoms. The van der Waals surface area contributed by atoms with E-state index in [4.69, 9.17) is 16.6 Å². The molecule has 0 saturated carbocycles. The molecule has 0 unspecified atom stereocenters. The standard InChI is InChI=1S/C26H23FN4O4S2/c1-26(2)12-14(13-29-5-7-30(8-6-29)23(33)18-4-3-9-35-18)16-10-15(27)11-17-19(24(34)31(26)20(16)17)21-22(32)28-25(36)37-21/h3-4,9-12H,5-8,13H2,1-2H3,(H,28,32,36). The van der Waals surface area contributed by atoms with E-state index in [1.807, 2.05) is 19.9 Å². The number of amides is 3. The molecule has 4 aliphatic rings. The summed E-state index contributed by atoms with van der Waals surface area (Å²) in [4.78, 5) is 44.7. The normalized spacial score (nSPS) is 22.9. The van der Waals surface area contributed by atoms with Crippen molar-refractivity contribution in [3.05, 3.63) is 64.2 Å². The van der Waals surface area contributed by atoms with E-state index in [2.05, 4.69) is 10.2 Å². The number of nitrogens with one attached hydrogen (secondary N) is 1. The van der Waals surface area contributed by atoms with Crippen LogP contribution in [0, 0.1) is 5.82 Å². The third-order valence-electron chi connectivity index (χ3n) is 7.06. The average molecular weight is 539 g/mol. The minimum Gasteiger partial charge on any atom is -0.459 e. The van der Waals surface area contributed by atoms with Crippen molar-refractivity contribution in [2.45, 2.75) is 19.4 Å². The zero-order valence-electron chi connectivity index (χ0n) is 20.2. The molecule has 2 aromatic rings. The van der Waals surface area contributed by atoms with Crippen LogP contribution in [-0.2, 0) is 9.59 Å². The van der Waals surface area contributed by atoms with Gasteiger partial charge in [0.25, 0.3) is 17.7 Å². The van der Waals surface area contributed by atoms with Crippen molar-refractivity contribution in [3.63, 3.8) is 0 Å². The van der Waals surface area contributed by atoms with Crippen LogP contribution in [0.5, 0.6) is 0 Å². The van der Waals surface area contributed by atoms with Gasteiger partial charge in [0, 0.05) is 43.9 Å². The predicted octanol–water partition coefficient (Wildman–Crippen LogP) is 3.26. The Kier molecular flexibility index (Phi) is 5.62. The van der Waals surface area contributed by atoms with Gasteiger partial charge in [-0.05, 0) is 43.7 Å². The highest BCUT2D eigenvalue weighted by molar-refractivity contribution is 8.27. The fourth-order valence-electron chi connectivity index (χ4n) is 5.46. The monoisotopic (exact) mass is 538 g/mol. The lowest BCUT2D eigenvalue weighted by Gasteiger charge is -2.41. The molecule has 0 aliphatic carbocycles. The molecule has 4 aliphatic heterocycles. The van der Waals surface area contributed by atoms with Crippen LogP contribution in [0.15, 0.2) is 45.9 Å². The highest BCUT2D eigenvalue weighted by Gasteiger charge is 2.48. The Morgan fingerprint density at radius 3 is 2.57 bits per heavy atom. The SMILES string of the molecule is CC1(C)C=C(CN2CCN(C(=O)c3ccco3)CC2)c2cc(F)cc3c2N1C(=O)C3=C1SC(=S)NC1=O. The Morgan fingerprint density at radius 2 is 1.92 bits per heavy atom. The molecular weight excluding hydrogens is 515 g/mol. The van der Waals surface area contributed by atoms with Gasteiger partial charge >= 0.3 is 0 Å². The van der Waals surface area contributed by atoms with Gasteiger partial charge in [-0.1, -0.05) is 30.1 Å². The maximum atomic E-state index is 15.0. The van der Waals surface area contributed by atoms with E-state index in [9.17, 15) is 18.8 Å². The van der Waals surface area contributed by atoms with Crippen LogP contribution in [0.2, 0.25) is 0 Å². The van der Waals surface area contributed by atoms with Gasteiger partial charge in [0.15, 0.2) is 5.76 Å². The lowest BCUT2D eigenvalue weighted by Crippen LogP contribution is -2.50. The van der Waals surface area contributed by atoms with E-state index in [1.165, 1.54) is 18.4 Å². The number of thiocarbonyl (C=S) groups is 1. The van der Waals surface area contributed by atoms with Crippen molar-refractivity contribution in [1.82, 2.24) is 15.1 Å². The van der Waals surface area contributed by atoms with Crippen molar-refractivity contribution in [2.24, 2.45) is 0 Å². The molecule has 2 saturated heterocycles. The smallest absolute Gasteiger partial charge is 0.289 e. The maximum absolute atomic E-state index is 15.0. The fraction of sp³-hybridized carbons (Fsp3) is 0.308. The molecule has 1 aromatic carbocycles. The first-order chi connectivity index (χ1) is 17.6. The number of nitrogens with zero attached hydrogens (tertiary/aromatic N) is 3. The number of piperazine rings is 1. The summed E-state index contributed by atoms with van der Waals surface area (Å²) in [6, 6.07) is 6.13. The topological polar surface area (TPSA) is 86.1 Å². The zero-order chi connectivity index (χ0) is 26.1. The van der Waals surface area contributed by atoms with Crippen molar-refractivity contribution >= 4 is 62.9 Å². The van der Waals surface area contributed by atoms with Crippen LogP contribution in [0.25, 0.3) is 11.1 Å².